The minimum atomic E-state index is -0.540. The van der Waals surface area contributed by atoms with Crippen LogP contribution in [-0.2, 0) is 6.61 Å². The summed E-state index contributed by atoms with van der Waals surface area (Å²) >= 11 is 0. The van der Waals surface area contributed by atoms with Crippen molar-refractivity contribution < 1.29 is 28.5 Å². The Labute approximate surface area is 169 Å². The summed E-state index contributed by atoms with van der Waals surface area (Å²) in [7, 11) is 4.47. The van der Waals surface area contributed by atoms with Crippen LogP contribution in [0.1, 0.15) is 15.9 Å². The maximum Gasteiger partial charge on any atom is 0.343 e. The Hall–Kier alpha value is -3.67. The number of methoxy groups -OCH3 is 3. The van der Waals surface area contributed by atoms with Crippen molar-refractivity contribution in [3.8, 4) is 28.7 Å². The van der Waals surface area contributed by atoms with Crippen molar-refractivity contribution in [3.63, 3.8) is 0 Å². The van der Waals surface area contributed by atoms with E-state index in [1.54, 1.807) is 36.4 Å². The number of hydrogen-bond donors (Lipinski definition) is 0. The van der Waals surface area contributed by atoms with Crippen LogP contribution in [0.15, 0.2) is 66.7 Å². The molecule has 0 N–H and O–H groups in total. The Balaban J connectivity index is 1.67. The van der Waals surface area contributed by atoms with Crippen molar-refractivity contribution in [2.24, 2.45) is 0 Å². The van der Waals surface area contributed by atoms with Crippen LogP contribution in [0.25, 0.3) is 0 Å². The zero-order valence-corrected chi connectivity index (χ0v) is 16.5. The molecular formula is C23H22O6. The van der Waals surface area contributed by atoms with Crippen molar-refractivity contribution in [1.82, 2.24) is 0 Å². The first kappa shape index (κ1) is 20.1. The Morgan fingerprint density at radius 1 is 0.759 bits per heavy atom. The van der Waals surface area contributed by atoms with Crippen molar-refractivity contribution in [3.05, 3.63) is 77.9 Å². The molecule has 0 spiro atoms. The summed E-state index contributed by atoms with van der Waals surface area (Å²) in [6.45, 7) is 0.464. The molecule has 0 amide bonds. The van der Waals surface area contributed by atoms with Gasteiger partial charge in [-0.3, -0.25) is 0 Å². The molecule has 0 aliphatic heterocycles. The van der Waals surface area contributed by atoms with E-state index in [9.17, 15) is 4.79 Å². The van der Waals surface area contributed by atoms with Gasteiger partial charge in [0.25, 0.3) is 0 Å². The average Bonchev–Trinajstić information content (AvgIpc) is 2.78. The van der Waals surface area contributed by atoms with Gasteiger partial charge in [-0.25, -0.2) is 4.79 Å². The first-order valence-electron chi connectivity index (χ1n) is 8.93. The molecule has 0 heterocycles. The zero-order valence-electron chi connectivity index (χ0n) is 16.5. The smallest absolute Gasteiger partial charge is 0.343 e. The van der Waals surface area contributed by atoms with Crippen LogP contribution in [0.3, 0.4) is 0 Å². The van der Waals surface area contributed by atoms with Gasteiger partial charge >= 0.3 is 5.97 Å². The summed E-state index contributed by atoms with van der Waals surface area (Å²) in [4.78, 5) is 12.5. The molecule has 0 saturated carbocycles. The summed E-state index contributed by atoms with van der Waals surface area (Å²) in [6.07, 6.45) is 0. The van der Waals surface area contributed by atoms with E-state index in [0.717, 1.165) is 5.56 Å². The summed E-state index contributed by atoms with van der Waals surface area (Å²) in [5.74, 6) is 1.71. The third-order valence-corrected chi connectivity index (χ3v) is 4.18. The van der Waals surface area contributed by atoms with Gasteiger partial charge in [-0.2, -0.15) is 0 Å². The third kappa shape index (κ3) is 4.99. The highest BCUT2D eigenvalue weighted by Crippen LogP contribution is 2.38. The number of rotatable bonds is 8. The van der Waals surface area contributed by atoms with Gasteiger partial charge in [0.05, 0.1) is 26.9 Å². The molecule has 29 heavy (non-hydrogen) atoms. The summed E-state index contributed by atoms with van der Waals surface area (Å²) in [5.41, 5.74) is 1.36. The van der Waals surface area contributed by atoms with Crippen molar-refractivity contribution in [2.75, 3.05) is 21.3 Å². The van der Waals surface area contributed by atoms with E-state index in [-0.39, 0.29) is 5.56 Å². The van der Waals surface area contributed by atoms with Gasteiger partial charge in [-0.15, -0.1) is 0 Å². The van der Waals surface area contributed by atoms with Gasteiger partial charge in [0.1, 0.15) is 18.1 Å². The number of hydrogen-bond acceptors (Lipinski definition) is 6. The van der Waals surface area contributed by atoms with Crippen LogP contribution in [0.2, 0.25) is 0 Å². The monoisotopic (exact) mass is 394 g/mol. The van der Waals surface area contributed by atoms with Crippen LogP contribution in [0.4, 0.5) is 0 Å². The first-order chi connectivity index (χ1) is 14.1. The predicted molar refractivity (Wildman–Crippen MR) is 108 cm³/mol. The molecule has 3 rings (SSSR count). The van der Waals surface area contributed by atoms with E-state index in [2.05, 4.69) is 0 Å². The lowest BCUT2D eigenvalue weighted by atomic mass is 10.2. The van der Waals surface area contributed by atoms with Gasteiger partial charge in [0.15, 0.2) is 11.5 Å². The topological polar surface area (TPSA) is 63.2 Å². The van der Waals surface area contributed by atoms with Gasteiger partial charge in [-0.05, 0) is 42.0 Å². The fourth-order valence-electron chi connectivity index (χ4n) is 2.71. The average molecular weight is 394 g/mol. The van der Waals surface area contributed by atoms with Crippen LogP contribution in [0, 0.1) is 0 Å². The Morgan fingerprint density at radius 2 is 1.34 bits per heavy atom. The van der Waals surface area contributed by atoms with Gasteiger partial charge in [-0.1, -0.05) is 30.3 Å². The van der Waals surface area contributed by atoms with E-state index in [4.69, 9.17) is 23.7 Å². The molecule has 0 unspecified atom stereocenters. The minimum Gasteiger partial charge on any atom is -0.493 e. The predicted octanol–water partition coefficient (Wildman–Crippen LogP) is 4.51. The third-order valence-electron chi connectivity index (χ3n) is 4.18. The second kappa shape index (κ2) is 9.50. The molecule has 0 aliphatic carbocycles. The highest BCUT2D eigenvalue weighted by Gasteiger charge is 2.18. The quantitative estimate of drug-likeness (QED) is 0.414. The normalized spacial score (nSPS) is 10.2. The van der Waals surface area contributed by atoms with Crippen LogP contribution >= 0.6 is 0 Å². The Kier molecular flexibility index (Phi) is 6.58. The number of carbonyl (C=O) groups is 1. The molecule has 0 bridgehead atoms. The number of ether oxygens (including phenoxy) is 5. The van der Waals surface area contributed by atoms with Crippen molar-refractivity contribution in [2.45, 2.75) is 6.61 Å². The molecule has 3 aromatic rings. The first-order valence-corrected chi connectivity index (χ1v) is 8.93. The second-order valence-corrected chi connectivity index (χ2v) is 6.05. The number of benzene rings is 3. The molecule has 150 valence electrons. The summed E-state index contributed by atoms with van der Waals surface area (Å²) in [6, 6.07) is 19.8. The molecule has 3 aromatic carbocycles. The molecule has 0 saturated heterocycles. The molecule has 0 fully saturated rings. The van der Waals surface area contributed by atoms with Crippen molar-refractivity contribution >= 4 is 5.97 Å². The lowest BCUT2D eigenvalue weighted by Gasteiger charge is -2.14. The summed E-state index contributed by atoms with van der Waals surface area (Å²) in [5, 5.41) is 0. The Morgan fingerprint density at radius 3 is 1.90 bits per heavy atom. The largest absolute Gasteiger partial charge is 0.493 e. The van der Waals surface area contributed by atoms with Gasteiger partial charge in [0.2, 0.25) is 5.75 Å². The fourth-order valence-corrected chi connectivity index (χ4v) is 2.71. The molecule has 0 atom stereocenters. The standard InChI is InChI=1S/C23H22O6/c1-25-20-13-17(14-21(26-2)22(20)27-3)23(24)29-19-11-9-18(10-12-19)28-15-16-7-5-4-6-8-16/h4-14H,15H2,1-3H3. The van der Waals surface area contributed by atoms with E-state index in [0.29, 0.717) is 35.4 Å². The number of esters is 1. The molecule has 0 radical (unpaired) electrons. The minimum absolute atomic E-state index is 0.281. The van der Waals surface area contributed by atoms with Crippen LogP contribution in [-0.4, -0.2) is 27.3 Å². The lowest BCUT2D eigenvalue weighted by molar-refractivity contribution is 0.0733. The van der Waals surface area contributed by atoms with E-state index >= 15 is 0 Å². The molecule has 6 nitrogen and oxygen atoms in total. The second-order valence-electron chi connectivity index (χ2n) is 6.05. The maximum atomic E-state index is 12.5. The lowest BCUT2D eigenvalue weighted by Crippen LogP contribution is -2.09. The van der Waals surface area contributed by atoms with Crippen molar-refractivity contribution in [1.29, 1.82) is 0 Å². The van der Waals surface area contributed by atoms with E-state index in [1.807, 2.05) is 30.3 Å². The van der Waals surface area contributed by atoms with Gasteiger partial charge < -0.3 is 23.7 Å². The van der Waals surface area contributed by atoms with Gasteiger partial charge in [0, 0.05) is 0 Å². The van der Waals surface area contributed by atoms with E-state index in [1.165, 1.54) is 21.3 Å². The molecule has 6 heteroatoms. The summed E-state index contributed by atoms with van der Waals surface area (Å²) < 4.78 is 27.0. The van der Waals surface area contributed by atoms with Crippen LogP contribution < -0.4 is 23.7 Å². The number of carbonyl (C=O) groups excluding carboxylic acids is 1. The Bertz CT molecular complexity index is 926. The molecule has 0 aromatic heterocycles. The maximum absolute atomic E-state index is 12.5. The van der Waals surface area contributed by atoms with Crippen LogP contribution in [0.5, 0.6) is 28.7 Å². The fraction of sp³-hybridized carbons (Fsp3) is 0.174. The molecule has 0 aliphatic rings. The highest BCUT2D eigenvalue weighted by atomic mass is 16.5. The highest BCUT2D eigenvalue weighted by molar-refractivity contribution is 5.92. The SMILES string of the molecule is COc1cc(C(=O)Oc2ccc(OCc3ccccc3)cc2)cc(OC)c1OC. The van der Waals surface area contributed by atoms with E-state index < -0.39 is 5.97 Å². The molecular weight excluding hydrogens is 372 g/mol. The zero-order chi connectivity index (χ0) is 20.6.